The molecule has 11 heteroatoms. The number of amides is 2. The van der Waals surface area contributed by atoms with E-state index in [2.05, 4.69) is 61.5 Å². The number of pyridine rings is 2. The third-order valence-corrected chi connectivity index (χ3v) is 10.1. The number of carbonyl (C=O) groups excluding carboxylic acids is 2. The van der Waals surface area contributed by atoms with Gasteiger partial charge in [0.25, 0.3) is 15.9 Å². The Bertz CT molecular complexity index is 1470. The SMILES string of the molecule is CC1CN(c2ccc3c(n2)N2C[C@@H](CCCNc4cccc(n4)S(=O)(=O)NC3=O)CC2(C)C)C(=O)C1CCC(C)(C)C. The van der Waals surface area contributed by atoms with Crippen LogP contribution in [0.1, 0.15) is 84.0 Å². The zero-order chi connectivity index (χ0) is 30.4. The highest BCUT2D eigenvalue weighted by molar-refractivity contribution is 7.90. The van der Waals surface area contributed by atoms with Crippen LogP contribution >= 0.6 is 0 Å². The highest BCUT2D eigenvalue weighted by Crippen LogP contribution is 2.41. The van der Waals surface area contributed by atoms with Crippen molar-refractivity contribution in [3.8, 4) is 0 Å². The molecule has 5 rings (SSSR count). The van der Waals surface area contributed by atoms with E-state index in [1.807, 2.05) is 0 Å². The minimum atomic E-state index is -4.24. The van der Waals surface area contributed by atoms with E-state index in [4.69, 9.17) is 4.98 Å². The lowest BCUT2D eigenvalue weighted by Crippen LogP contribution is -2.41. The molecule has 3 aliphatic heterocycles. The monoisotopic (exact) mass is 596 g/mol. The fourth-order valence-corrected chi connectivity index (χ4v) is 7.51. The molecule has 3 aliphatic rings. The molecule has 4 bridgehead atoms. The molecule has 0 saturated carbocycles. The number of aromatic nitrogens is 2. The highest BCUT2D eigenvalue weighted by atomic mass is 32.2. The Morgan fingerprint density at radius 2 is 1.83 bits per heavy atom. The van der Waals surface area contributed by atoms with Gasteiger partial charge < -0.3 is 10.2 Å². The Hall–Kier alpha value is -3.21. The van der Waals surface area contributed by atoms with Gasteiger partial charge in [-0.2, -0.15) is 8.42 Å². The maximum atomic E-state index is 13.6. The lowest BCUT2D eigenvalue weighted by molar-refractivity contribution is -0.121. The molecular weight excluding hydrogens is 552 g/mol. The Morgan fingerprint density at radius 1 is 1.07 bits per heavy atom. The molecule has 42 heavy (non-hydrogen) atoms. The van der Waals surface area contributed by atoms with Gasteiger partial charge in [0.15, 0.2) is 5.03 Å². The predicted molar refractivity (Wildman–Crippen MR) is 164 cm³/mol. The van der Waals surface area contributed by atoms with Crippen LogP contribution in [-0.2, 0) is 14.8 Å². The van der Waals surface area contributed by atoms with Gasteiger partial charge in [-0.15, -0.1) is 0 Å². The van der Waals surface area contributed by atoms with Crippen LogP contribution in [0.3, 0.4) is 0 Å². The van der Waals surface area contributed by atoms with Crippen LogP contribution in [0.4, 0.5) is 17.5 Å². The van der Waals surface area contributed by atoms with Gasteiger partial charge in [-0.1, -0.05) is 33.8 Å². The van der Waals surface area contributed by atoms with Crippen molar-refractivity contribution in [1.29, 1.82) is 0 Å². The summed E-state index contributed by atoms with van der Waals surface area (Å²) in [7, 11) is -4.24. The van der Waals surface area contributed by atoms with Crippen molar-refractivity contribution in [1.82, 2.24) is 14.7 Å². The van der Waals surface area contributed by atoms with E-state index in [9.17, 15) is 18.0 Å². The van der Waals surface area contributed by atoms with Gasteiger partial charge >= 0.3 is 0 Å². The molecule has 0 spiro atoms. The average Bonchev–Trinajstić information content (AvgIpc) is 3.37. The number of carbonyl (C=O) groups is 2. The normalized spacial score (nSPS) is 25.7. The smallest absolute Gasteiger partial charge is 0.281 e. The van der Waals surface area contributed by atoms with E-state index in [0.717, 1.165) is 32.1 Å². The van der Waals surface area contributed by atoms with Crippen LogP contribution in [0.15, 0.2) is 35.4 Å². The first-order valence-corrected chi connectivity index (χ1v) is 16.5. The molecule has 2 N–H and O–H groups in total. The number of hydrogen-bond acceptors (Lipinski definition) is 8. The zero-order valence-corrected chi connectivity index (χ0v) is 26.4. The lowest BCUT2D eigenvalue weighted by Gasteiger charge is -2.34. The van der Waals surface area contributed by atoms with E-state index in [0.29, 0.717) is 43.0 Å². The van der Waals surface area contributed by atoms with Crippen LogP contribution in [0, 0.1) is 23.2 Å². The number of anilines is 3. The van der Waals surface area contributed by atoms with Crippen molar-refractivity contribution in [2.75, 3.05) is 34.8 Å². The van der Waals surface area contributed by atoms with Crippen LogP contribution in [0.25, 0.3) is 0 Å². The van der Waals surface area contributed by atoms with Crippen LogP contribution in [-0.4, -0.2) is 55.4 Å². The summed E-state index contributed by atoms with van der Waals surface area (Å²) in [4.78, 5) is 40.3. The summed E-state index contributed by atoms with van der Waals surface area (Å²) in [5.41, 5.74) is -0.0273. The Kier molecular flexibility index (Phi) is 8.02. The minimum absolute atomic E-state index is 0.0559. The van der Waals surface area contributed by atoms with E-state index >= 15 is 0 Å². The highest BCUT2D eigenvalue weighted by Gasteiger charge is 2.43. The fraction of sp³-hybridized carbons (Fsp3) is 0.613. The van der Waals surface area contributed by atoms with Crippen LogP contribution < -0.4 is 19.8 Å². The van der Waals surface area contributed by atoms with Crippen molar-refractivity contribution < 1.29 is 18.0 Å². The van der Waals surface area contributed by atoms with E-state index in [1.54, 1.807) is 29.2 Å². The molecule has 2 aromatic heterocycles. The van der Waals surface area contributed by atoms with Gasteiger partial charge in [0.05, 0.1) is 5.56 Å². The first-order chi connectivity index (χ1) is 19.6. The zero-order valence-electron chi connectivity index (χ0n) is 25.6. The second-order valence-electron chi connectivity index (χ2n) is 14.0. The van der Waals surface area contributed by atoms with E-state index in [1.165, 1.54) is 6.07 Å². The Labute approximate surface area is 249 Å². The van der Waals surface area contributed by atoms with Gasteiger partial charge in [0.1, 0.15) is 17.5 Å². The summed E-state index contributed by atoms with van der Waals surface area (Å²) in [5.74, 6) is 1.09. The number of sulfonamides is 1. The lowest BCUT2D eigenvalue weighted by atomic mass is 9.83. The second kappa shape index (κ2) is 11.1. The molecule has 2 unspecified atom stereocenters. The molecule has 2 aromatic rings. The average molecular weight is 597 g/mol. The summed E-state index contributed by atoms with van der Waals surface area (Å²) < 4.78 is 28.7. The molecule has 3 atom stereocenters. The van der Waals surface area contributed by atoms with Gasteiger partial charge in [0.2, 0.25) is 5.91 Å². The largest absolute Gasteiger partial charge is 0.370 e. The summed E-state index contributed by atoms with van der Waals surface area (Å²) in [6, 6.07) is 7.96. The maximum absolute atomic E-state index is 13.6. The number of rotatable bonds is 3. The molecule has 0 aliphatic carbocycles. The van der Waals surface area contributed by atoms with Crippen molar-refractivity contribution in [3.63, 3.8) is 0 Å². The third-order valence-electron chi connectivity index (χ3n) is 8.86. The molecule has 2 amide bonds. The minimum Gasteiger partial charge on any atom is -0.370 e. The van der Waals surface area contributed by atoms with Crippen molar-refractivity contribution in [2.24, 2.45) is 23.2 Å². The number of hydrogen-bond donors (Lipinski definition) is 2. The predicted octanol–water partition coefficient (Wildman–Crippen LogP) is 4.83. The van der Waals surface area contributed by atoms with Gasteiger partial charge in [-0.3, -0.25) is 14.5 Å². The number of nitrogens with zero attached hydrogens (tertiary/aromatic N) is 4. The fourth-order valence-electron chi connectivity index (χ4n) is 6.58. The van der Waals surface area contributed by atoms with Crippen LogP contribution in [0.5, 0.6) is 0 Å². The molecule has 228 valence electrons. The van der Waals surface area contributed by atoms with Crippen LogP contribution in [0.2, 0.25) is 0 Å². The standard InChI is InChI=1S/C31H44N6O4S/c1-20-18-36(29(39)22(20)14-15-30(2,3)4)25-13-12-23-27(34-25)37-19-21(17-31(37,5)6)9-8-16-32-24-10-7-11-26(33-24)42(40,41)35-28(23)38/h7,10-13,20-22H,8-9,14-19H2,1-6H3,(H,32,33)(H,35,38)/t20?,21-,22?/m0/s1. The van der Waals surface area contributed by atoms with E-state index < -0.39 is 15.9 Å². The Morgan fingerprint density at radius 3 is 2.57 bits per heavy atom. The molecule has 2 fully saturated rings. The van der Waals surface area contributed by atoms with Gasteiger partial charge in [-0.05, 0) is 87.5 Å². The summed E-state index contributed by atoms with van der Waals surface area (Å²) >= 11 is 0. The molecular formula is C31H44N6O4S. The number of nitrogens with one attached hydrogen (secondary N) is 2. The Balaban J connectivity index is 1.53. The molecule has 0 radical (unpaired) electrons. The molecule has 5 heterocycles. The van der Waals surface area contributed by atoms with Gasteiger partial charge in [0, 0.05) is 31.1 Å². The third kappa shape index (κ3) is 6.26. The van der Waals surface area contributed by atoms with Crippen molar-refractivity contribution >= 4 is 39.3 Å². The summed E-state index contributed by atoms with van der Waals surface area (Å²) in [6.07, 6.45) is 4.52. The molecule has 10 nitrogen and oxygen atoms in total. The summed E-state index contributed by atoms with van der Waals surface area (Å²) in [5, 5.41) is 2.98. The topological polar surface area (TPSA) is 125 Å². The van der Waals surface area contributed by atoms with Crippen molar-refractivity contribution in [2.45, 2.75) is 84.2 Å². The first kappa shape index (κ1) is 30.3. The van der Waals surface area contributed by atoms with Crippen molar-refractivity contribution in [3.05, 3.63) is 35.9 Å². The summed E-state index contributed by atoms with van der Waals surface area (Å²) in [6.45, 7) is 14.8. The van der Waals surface area contributed by atoms with E-state index in [-0.39, 0.29) is 39.3 Å². The maximum Gasteiger partial charge on any atom is 0.281 e. The first-order valence-electron chi connectivity index (χ1n) is 15.0. The number of fused-ring (bicyclic) bond motifs is 6. The molecule has 0 aromatic carbocycles. The van der Waals surface area contributed by atoms with Gasteiger partial charge in [-0.25, -0.2) is 14.7 Å². The second-order valence-corrected chi connectivity index (χ2v) is 15.7. The quantitative estimate of drug-likeness (QED) is 0.516. The molecule has 2 saturated heterocycles.